The van der Waals surface area contributed by atoms with E-state index in [2.05, 4.69) is 25.9 Å². The van der Waals surface area contributed by atoms with Gasteiger partial charge < -0.3 is 10.1 Å². The first-order chi connectivity index (χ1) is 8.09. The highest BCUT2D eigenvalue weighted by Crippen LogP contribution is 2.28. The Bertz CT molecular complexity index is 413. The van der Waals surface area contributed by atoms with Crippen molar-refractivity contribution in [3.63, 3.8) is 0 Å². The molecule has 0 saturated carbocycles. The Morgan fingerprint density at radius 1 is 1.47 bits per heavy atom. The molecular formula is C11H16BrN3O2. The fourth-order valence-corrected chi connectivity index (χ4v) is 2.88. The zero-order chi connectivity index (χ0) is 12.4. The van der Waals surface area contributed by atoms with Crippen LogP contribution in [0, 0.1) is 6.92 Å². The Hall–Kier alpha value is -0.880. The number of rotatable bonds is 3. The van der Waals surface area contributed by atoms with Crippen molar-refractivity contribution in [2.45, 2.75) is 32.2 Å². The highest BCUT2D eigenvalue weighted by Gasteiger charge is 2.31. The predicted molar refractivity (Wildman–Crippen MR) is 66.8 cm³/mol. The van der Waals surface area contributed by atoms with Crippen molar-refractivity contribution in [3.05, 3.63) is 16.1 Å². The Kier molecular flexibility index (Phi) is 3.83. The van der Waals surface area contributed by atoms with Gasteiger partial charge in [0.25, 0.3) is 0 Å². The molecule has 0 spiro atoms. The maximum Gasteiger partial charge on any atom is 0.327 e. The minimum absolute atomic E-state index is 0.605. The monoisotopic (exact) mass is 301 g/mol. The number of aliphatic carboxylic acids is 1. The molecule has 0 aliphatic carbocycles. The molecule has 2 heterocycles. The summed E-state index contributed by atoms with van der Waals surface area (Å²) in [7, 11) is 0. The molecule has 0 amide bonds. The van der Waals surface area contributed by atoms with Crippen LogP contribution in [0.5, 0.6) is 0 Å². The van der Waals surface area contributed by atoms with E-state index in [9.17, 15) is 9.90 Å². The van der Waals surface area contributed by atoms with Crippen molar-refractivity contribution in [3.8, 4) is 0 Å². The molecule has 94 valence electrons. The van der Waals surface area contributed by atoms with E-state index in [4.69, 9.17) is 0 Å². The largest absolute Gasteiger partial charge is 0.480 e. The number of aromatic amines is 1. The summed E-state index contributed by atoms with van der Waals surface area (Å²) in [6.45, 7) is 3.49. The van der Waals surface area contributed by atoms with Gasteiger partial charge in [-0.25, -0.2) is 4.98 Å². The molecule has 1 unspecified atom stereocenters. The van der Waals surface area contributed by atoms with Crippen LogP contribution in [0.2, 0.25) is 0 Å². The summed E-state index contributed by atoms with van der Waals surface area (Å²) in [5.74, 6) is -0.0913. The molecule has 17 heavy (non-hydrogen) atoms. The highest BCUT2D eigenvalue weighted by molar-refractivity contribution is 9.10. The van der Waals surface area contributed by atoms with Gasteiger partial charge in [0, 0.05) is 0 Å². The number of halogens is 1. The van der Waals surface area contributed by atoms with Crippen LogP contribution in [0.4, 0.5) is 0 Å². The van der Waals surface area contributed by atoms with Gasteiger partial charge in [0.1, 0.15) is 10.4 Å². The molecule has 5 nitrogen and oxygen atoms in total. The Morgan fingerprint density at radius 2 is 2.12 bits per heavy atom. The second-order valence-corrected chi connectivity index (χ2v) is 5.12. The van der Waals surface area contributed by atoms with Crippen LogP contribution in [0.3, 0.4) is 0 Å². The first kappa shape index (κ1) is 12.6. The lowest BCUT2D eigenvalue weighted by Crippen LogP contribution is -2.38. The maximum absolute atomic E-state index is 11.5. The Balaban J connectivity index is 2.28. The lowest BCUT2D eigenvalue weighted by atomic mass is 10.1. The van der Waals surface area contributed by atoms with E-state index < -0.39 is 12.0 Å². The quantitative estimate of drug-likeness (QED) is 0.897. The summed E-state index contributed by atoms with van der Waals surface area (Å²) in [5.41, 5.74) is 0.650. The van der Waals surface area contributed by atoms with Gasteiger partial charge in [-0.15, -0.1) is 0 Å². The average molecular weight is 302 g/mol. The second-order valence-electron chi connectivity index (χ2n) is 4.36. The third-order valence-corrected chi connectivity index (χ3v) is 3.67. The number of carboxylic acids is 1. The summed E-state index contributed by atoms with van der Waals surface area (Å²) < 4.78 is 0.605. The van der Waals surface area contributed by atoms with Crippen LogP contribution in [0.1, 0.15) is 36.8 Å². The van der Waals surface area contributed by atoms with Crippen LogP contribution in [-0.2, 0) is 4.79 Å². The van der Waals surface area contributed by atoms with Crippen LogP contribution < -0.4 is 0 Å². The van der Waals surface area contributed by atoms with Gasteiger partial charge in [0.05, 0.1) is 5.69 Å². The lowest BCUT2D eigenvalue weighted by molar-refractivity contribution is -0.144. The smallest absolute Gasteiger partial charge is 0.327 e. The van der Waals surface area contributed by atoms with Gasteiger partial charge in [-0.3, -0.25) is 9.69 Å². The molecule has 2 rings (SSSR count). The van der Waals surface area contributed by atoms with E-state index in [0.29, 0.717) is 10.3 Å². The van der Waals surface area contributed by atoms with Crippen molar-refractivity contribution in [2.75, 3.05) is 13.1 Å². The van der Waals surface area contributed by atoms with E-state index in [0.717, 1.165) is 31.8 Å². The highest BCUT2D eigenvalue weighted by atomic mass is 79.9. The first-order valence-electron chi connectivity index (χ1n) is 5.78. The number of H-pyrrole nitrogens is 1. The van der Waals surface area contributed by atoms with Crippen LogP contribution in [0.25, 0.3) is 0 Å². The van der Waals surface area contributed by atoms with Crippen molar-refractivity contribution in [1.29, 1.82) is 0 Å². The standard InChI is InChI=1S/C11H16BrN3O2/c1-7-13-8(10(12)14-7)9(11(16)17)15-5-3-2-4-6-15/h9H,2-6H2,1H3,(H,13,14)(H,16,17). The topological polar surface area (TPSA) is 69.2 Å². The van der Waals surface area contributed by atoms with Gasteiger partial charge in [-0.05, 0) is 48.8 Å². The molecular weight excluding hydrogens is 286 g/mol. The van der Waals surface area contributed by atoms with Crippen molar-refractivity contribution >= 4 is 21.9 Å². The van der Waals surface area contributed by atoms with E-state index in [1.807, 2.05) is 11.8 Å². The molecule has 1 fully saturated rings. The van der Waals surface area contributed by atoms with E-state index in [1.165, 1.54) is 6.42 Å². The minimum atomic E-state index is -0.823. The third-order valence-electron chi connectivity index (χ3n) is 3.07. The molecule has 1 saturated heterocycles. The fraction of sp³-hybridized carbons (Fsp3) is 0.636. The van der Waals surface area contributed by atoms with E-state index in [-0.39, 0.29) is 0 Å². The molecule has 0 radical (unpaired) electrons. The SMILES string of the molecule is Cc1nc(Br)c(C(C(=O)O)N2CCCCC2)[nH]1. The first-order valence-corrected chi connectivity index (χ1v) is 6.57. The molecule has 0 aromatic carbocycles. The zero-order valence-electron chi connectivity index (χ0n) is 9.74. The lowest BCUT2D eigenvalue weighted by Gasteiger charge is -2.31. The molecule has 1 aromatic rings. The number of carbonyl (C=O) groups is 1. The van der Waals surface area contributed by atoms with Gasteiger partial charge in [0.15, 0.2) is 6.04 Å². The summed E-state index contributed by atoms with van der Waals surface area (Å²) >= 11 is 3.32. The number of hydrogen-bond donors (Lipinski definition) is 2. The summed E-state index contributed by atoms with van der Waals surface area (Å²) in [6.07, 6.45) is 3.31. The Labute approximate surface area is 108 Å². The normalized spacial score (nSPS) is 19.2. The molecule has 1 aliphatic rings. The van der Waals surface area contributed by atoms with Gasteiger partial charge in [-0.1, -0.05) is 6.42 Å². The summed E-state index contributed by atoms with van der Waals surface area (Å²) in [5, 5.41) is 9.40. The maximum atomic E-state index is 11.5. The summed E-state index contributed by atoms with van der Waals surface area (Å²) in [4.78, 5) is 20.7. The van der Waals surface area contributed by atoms with Crippen LogP contribution in [0.15, 0.2) is 4.60 Å². The van der Waals surface area contributed by atoms with E-state index in [1.54, 1.807) is 0 Å². The van der Waals surface area contributed by atoms with Crippen molar-refractivity contribution in [2.24, 2.45) is 0 Å². The van der Waals surface area contributed by atoms with Crippen LogP contribution >= 0.6 is 15.9 Å². The Morgan fingerprint density at radius 3 is 2.59 bits per heavy atom. The number of imidazole rings is 1. The second kappa shape index (κ2) is 5.18. The van der Waals surface area contributed by atoms with Gasteiger partial charge in [0.2, 0.25) is 0 Å². The van der Waals surface area contributed by atoms with Gasteiger partial charge in [-0.2, -0.15) is 0 Å². The number of carboxylic acid groups (broad SMARTS) is 1. The number of hydrogen-bond acceptors (Lipinski definition) is 3. The number of aryl methyl sites for hydroxylation is 1. The number of aromatic nitrogens is 2. The molecule has 1 aliphatic heterocycles. The minimum Gasteiger partial charge on any atom is -0.480 e. The average Bonchev–Trinajstić information content (AvgIpc) is 2.59. The molecule has 2 N–H and O–H groups in total. The van der Waals surface area contributed by atoms with E-state index >= 15 is 0 Å². The van der Waals surface area contributed by atoms with Crippen molar-refractivity contribution < 1.29 is 9.90 Å². The predicted octanol–water partition coefficient (Wildman–Crippen LogP) is 2.09. The summed E-state index contributed by atoms with van der Waals surface area (Å²) in [6, 6.07) is -0.620. The number of piperidine rings is 1. The van der Waals surface area contributed by atoms with Gasteiger partial charge >= 0.3 is 5.97 Å². The molecule has 1 aromatic heterocycles. The zero-order valence-corrected chi connectivity index (χ0v) is 11.3. The third kappa shape index (κ3) is 2.69. The number of likely N-dealkylation sites (tertiary alicyclic amines) is 1. The molecule has 1 atom stereocenters. The molecule has 0 bridgehead atoms. The van der Waals surface area contributed by atoms with Crippen LogP contribution in [-0.4, -0.2) is 39.0 Å². The molecule has 6 heteroatoms. The fourth-order valence-electron chi connectivity index (χ4n) is 2.30. The van der Waals surface area contributed by atoms with Crippen molar-refractivity contribution in [1.82, 2.24) is 14.9 Å². The number of nitrogens with zero attached hydrogens (tertiary/aromatic N) is 2. The number of nitrogens with one attached hydrogen (secondary N) is 1.